The number of thiophene rings is 1. The van der Waals surface area contributed by atoms with Crippen LogP contribution in [0.2, 0.25) is 0 Å². The number of anilines is 2. The van der Waals surface area contributed by atoms with Gasteiger partial charge in [0.1, 0.15) is 5.82 Å². The molecule has 0 fully saturated rings. The Morgan fingerprint density at radius 1 is 1.21 bits per heavy atom. The summed E-state index contributed by atoms with van der Waals surface area (Å²) in [6, 6.07) is 9.94. The number of carbonyl (C=O) groups is 1. The van der Waals surface area contributed by atoms with Gasteiger partial charge in [-0.25, -0.2) is 9.97 Å². The van der Waals surface area contributed by atoms with E-state index in [1.165, 1.54) is 0 Å². The lowest BCUT2D eigenvalue weighted by atomic mass is 10.1. The lowest BCUT2D eigenvalue weighted by Crippen LogP contribution is -2.23. The Morgan fingerprint density at radius 3 is 2.55 bits per heavy atom. The number of hydrogen-bond donors (Lipinski definition) is 1. The van der Waals surface area contributed by atoms with Crippen molar-refractivity contribution in [2.75, 3.05) is 19.4 Å². The smallest absolute Gasteiger partial charge is 0.226 e. The van der Waals surface area contributed by atoms with Crippen molar-refractivity contribution in [2.45, 2.75) is 26.2 Å². The van der Waals surface area contributed by atoms with Gasteiger partial charge in [-0.1, -0.05) is 25.1 Å². The Morgan fingerprint density at radius 2 is 1.97 bits per heavy atom. The molecule has 0 aliphatic heterocycles. The molecule has 6 heteroatoms. The number of nitrogens with zero attached hydrogens (tertiary/aromatic N) is 3. The van der Waals surface area contributed by atoms with E-state index < -0.39 is 0 Å². The van der Waals surface area contributed by atoms with Gasteiger partial charge in [-0.15, -0.1) is 6.58 Å². The Kier molecular flexibility index (Phi) is 6.77. The number of aryl methyl sites for hydroxylation is 1. The summed E-state index contributed by atoms with van der Waals surface area (Å²) < 4.78 is 0. The minimum absolute atomic E-state index is 0.0859. The molecule has 5 nitrogen and oxygen atoms in total. The topological polar surface area (TPSA) is 58.1 Å². The van der Waals surface area contributed by atoms with Gasteiger partial charge in [-0.2, -0.15) is 11.3 Å². The number of carbonyl (C=O) groups excluding carboxylic acids is 1. The predicted molar refractivity (Wildman–Crippen MR) is 121 cm³/mol. The SMILES string of the molecule is C=CCc1c(CC)nc(-c2ccsc2)nc1Nc1ccc(CC(=O)N(C)C)cc1. The lowest BCUT2D eigenvalue weighted by molar-refractivity contribution is -0.127. The summed E-state index contributed by atoms with van der Waals surface area (Å²) in [6.07, 6.45) is 3.79. The maximum atomic E-state index is 11.9. The van der Waals surface area contributed by atoms with Crippen LogP contribution in [0.4, 0.5) is 11.5 Å². The number of rotatable bonds is 8. The first kappa shape index (κ1) is 20.7. The summed E-state index contributed by atoms with van der Waals surface area (Å²) in [6.45, 7) is 5.99. The molecule has 0 bridgehead atoms. The molecule has 1 amide bonds. The van der Waals surface area contributed by atoms with Crippen LogP contribution < -0.4 is 5.32 Å². The third kappa shape index (κ3) is 5.09. The van der Waals surface area contributed by atoms with Crippen molar-refractivity contribution >= 4 is 28.7 Å². The van der Waals surface area contributed by atoms with E-state index in [2.05, 4.69) is 24.2 Å². The molecule has 29 heavy (non-hydrogen) atoms. The molecule has 1 N–H and O–H groups in total. The zero-order valence-corrected chi connectivity index (χ0v) is 17.9. The first-order valence-corrected chi connectivity index (χ1v) is 10.6. The van der Waals surface area contributed by atoms with Crippen molar-refractivity contribution in [2.24, 2.45) is 0 Å². The quantitative estimate of drug-likeness (QED) is 0.542. The number of aromatic nitrogens is 2. The fraction of sp³-hybridized carbons (Fsp3) is 0.261. The number of benzene rings is 1. The fourth-order valence-electron chi connectivity index (χ4n) is 2.98. The number of nitrogens with one attached hydrogen (secondary N) is 1. The monoisotopic (exact) mass is 406 g/mol. The number of hydrogen-bond acceptors (Lipinski definition) is 5. The summed E-state index contributed by atoms with van der Waals surface area (Å²) in [5.74, 6) is 1.62. The highest BCUT2D eigenvalue weighted by molar-refractivity contribution is 7.08. The van der Waals surface area contributed by atoms with Gasteiger partial charge in [0.05, 0.1) is 6.42 Å². The molecule has 0 aliphatic rings. The minimum atomic E-state index is 0.0859. The van der Waals surface area contributed by atoms with Crippen molar-refractivity contribution in [3.05, 3.63) is 70.6 Å². The standard InChI is InChI=1S/C23H26N4OS/c1-5-7-19-20(6-2)25-22(17-12-13-29-15-17)26-23(19)24-18-10-8-16(9-11-18)14-21(28)27(3)4/h5,8-13,15H,1,6-7,14H2,2-4H3,(H,24,25,26). The van der Waals surface area contributed by atoms with Gasteiger partial charge >= 0.3 is 0 Å². The molecule has 2 heterocycles. The van der Waals surface area contributed by atoms with Crippen LogP contribution >= 0.6 is 11.3 Å². The first-order valence-electron chi connectivity index (χ1n) is 9.61. The molecule has 2 aromatic heterocycles. The largest absolute Gasteiger partial charge is 0.349 e. The Labute approximate surface area is 176 Å². The Hall–Kier alpha value is -2.99. The Bertz CT molecular complexity index is 979. The summed E-state index contributed by atoms with van der Waals surface area (Å²) in [7, 11) is 3.54. The van der Waals surface area contributed by atoms with E-state index in [0.717, 1.165) is 46.1 Å². The van der Waals surface area contributed by atoms with Crippen molar-refractivity contribution in [3.63, 3.8) is 0 Å². The van der Waals surface area contributed by atoms with E-state index in [0.29, 0.717) is 12.8 Å². The van der Waals surface area contributed by atoms with E-state index in [-0.39, 0.29) is 5.91 Å². The molecule has 0 radical (unpaired) electrons. The molecule has 0 unspecified atom stereocenters. The maximum Gasteiger partial charge on any atom is 0.226 e. The van der Waals surface area contributed by atoms with Gasteiger partial charge in [0.25, 0.3) is 0 Å². The molecule has 0 saturated carbocycles. The molecule has 3 rings (SSSR count). The van der Waals surface area contributed by atoms with Gasteiger partial charge in [-0.3, -0.25) is 4.79 Å². The molecule has 0 aliphatic carbocycles. The summed E-state index contributed by atoms with van der Waals surface area (Å²) in [5, 5.41) is 7.54. The Balaban J connectivity index is 1.91. The third-order valence-corrected chi connectivity index (χ3v) is 5.31. The first-order chi connectivity index (χ1) is 14.0. The molecular weight excluding hydrogens is 380 g/mol. The van der Waals surface area contributed by atoms with Crippen LogP contribution in [0.25, 0.3) is 11.4 Å². The molecular formula is C23H26N4OS. The molecule has 1 aromatic carbocycles. The van der Waals surface area contributed by atoms with Crippen LogP contribution in [0.1, 0.15) is 23.7 Å². The molecule has 0 atom stereocenters. The molecule has 0 spiro atoms. The number of amides is 1. The van der Waals surface area contributed by atoms with Crippen LogP contribution in [-0.2, 0) is 24.1 Å². The predicted octanol–water partition coefficient (Wildman–Crippen LogP) is 4.87. The van der Waals surface area contributed by atoms with Crippen LogP contribution in [0.3, 0.4) is 0 Å². The molecule has 3 aromatic rings. The number of allylic oxidation sites excluding steroid dienone is 1. The van der Waals surface area contributed by atoms with Gasteiger partial charge in [0.15, 0.2) is 5.82 Å². The third-order valence-electron chi connectivity index (χ3n) is 4.63. The van der Waals surface area contributed by atoms with Gasteiger partial charge in [-0.05, 0) is 42.0 Å². The zero-order chi connectivity index (χ0) is 20.8. The van der Waals surface area contributed by atoms with Gasteiger partial charge in [0, 0.05) is 42.0 Å². The lowest BCUT2D eigenvalue weighted by Gasteiger charge is -2.15. The average Bonchev–Trinajstić information content (AvgIpc) is 3.25. The highest BCUT2D eigenvalue weighted by atomic mass is 32.1. The van der Waals surface area contributed by atoms with Crippen molar-refractivity contribution in [3.8, 4) is 11.4 Å². The second kappa shape index (κ2) is 9.47. The second-order valence-corrected chi connectivity index (χ2v) is 7.75. The summed E-state index contributed by atoms with van der Waals surface area (Å²) >= 11 is 1.63. The van der Waals surface area contributed by atoms with E-state index in [1.54, 1.807) is 30.3 Å². The van der Waals surface area contributed by atoms with E-state index in [9.17, 15) is 4.79 Å². The van der Waals surface area contributed by atoms with Crippen LogP contribution in [0, 0.1) is 0 Å². The zero-order valence-electron chi connectivity index (χ0n) is 17.1. The highest BCUT2D eigenvalue weighted by Crippen LogP contribution is 2.27. The molecule has 0 saturated heterocycles. The van der Waals surface area contributed by atoms with E-state index >= 15 is 0 Å². The van der Waals surface area contributed by atoms with Crippen molar-refractivity contribution in [1.29, 1.82) is 0 Å². The fourth-order valence-corrected chi connectivity index (χ4v) is 3.62. The van der Waals surface area contributed by atoms with Crippen LogP contribution in [-0.4, -0.2) is 34.9 Å². The van der Waals surface area contributed by atoms with Crippen molar-refractivity contribution < 1.29 is 4.79 Å². The van der Waals surface area contributed by atoms with Crippen LogP contribution in [0.15, 0.2) is 53.7 Å². The molecule has 150 valence electrons. The summed E-state index contributed by atoms with van der Waals surface area (Å²) in [4.78, 5) is 23.1. The van der Waals surface area contributed by atoms with Gasteiger partial charge in [0.2, 0.25) is 5.91 Å². The van der Waals surface area contributed by atoms with E-state index in [4.69, 9.17) is 9.97 Å². The highest BCUT2D eigenvalue weighted by Gasteiger charge is 2.14. The average molecular weight is 407 g/mol. The number of likely N-dealkylation sites (N-methyl/N-ethyl adjacent to an activating group) is 1. The van der Waals surface area contributed by atoms with E-state index in [1.807, 2.05) is 41.8 Å². The maximum absolute atomic E-state index is 11.9. The minimum Gasteiger partial charge on any atom is -0.349 e. The van der Waals surface area contributed by atoms with Crippen molar-refractivity contribution in [1.82, 2.24) is 14.9 Å². The summed E-state index contributed by atoms with van der Waals surface area (Å²) in [5.41, 5.74) is 5.02. The van der Waals surface area contributed by atoms with Crippen LogP contribution in [0.5, 0.6) is 0 Å². The van der Waals surface area contributed by atoms with Gasteiger partial charge < -0.3 is 10.2 Å². The normalized spacial score (nSPS) is 10.6. The second-order valence-electron chi connectivity index (χ2n) is 6.97.